The van der Waals surface area contributed by atoms with Crippen molar-refractivity contribution in [3.63, 3.8) is 0 Å². The van der Waals surface area contributed by atoms with E-state index in [1.165, 1.54) is 6.07 Å². The molecule has 0 spiro atoms. The van der Waals surface area contributed by atoms with Gasteiger partial charge in [0, 0.05) is 18.0 Å². The molecule has 1 aromatic carbocycles. The van der Waals surface area contributed by atoms with Crippen LogP contribution in [-0.2, 0) is 0 Å². The van der Waals surface area contributed by atoms with Gasteiger partial charge in [-0.25, -0.2) is 9.37 Å². The van der Waals surface area contributed by atoms with E-state index in [1.54, 1.807) is 6.07 Å². The summed E-state index contributed by atoms with van der Waals surface area (Å²) < 4.78 is 16.1. The molecule has 0 bridgehead atoms. The van der Waals surface area contributed by atoms with Gasteiger partial charge >= 0.3 is 0 Å². The van der Waals surface area contributed by atoms with Gasteiger partial charge in [-0.1, -0.05) is 6.07 Å². The first kappa shape index (κ1) is 12.6. The van der Waals surface area contributed by atoms with E-state index in [4.69, 9.17) is 5.73 Å². The maximum atomic E-state index is 13.9. The van der Waals surface area contributed by atoms with Gasteiger partial charge in [-0.05, 0) is 45.2 Å². The normalized spacial score (nSPS) is 23.6. The van der Waals surface area contributed by atoms with E-state index in [0.717, 1.165) is 30.6 Å². The number of halogens is 1. The number of aromatic nitrogens is 2. The zero-order chi connectivity index (χ0) is 13.6. The largest absolute Gasteiger partial charge is 0.328 e. The lowest BCUT2D eigenvalue weighted by molar-refractivity contribution is 0.536. The lowest BCUT2D eigenvalue weighted by atomic mass is 10.1. The first-order valence-electron chi connectivity index (χ1n) is 7.00. The van der Waals surface area contributed by atoms with Gasteiger partial charge in [0.2, 0.25) is 0 Å². The minimum Gasteiger partial charge on any atom is -0.328 e. The van der Waals surface area contributed by atoms with Crippen LogP contribution in [0, 0.1) is 5.82 Å². The van der Waals surface area contributed by atoms with Gasteiger partial charge < -0.3 is 10.3 Å². The molecule has 3 nitrogen and oxygen atoms in total. The number of benzene rings is 1. The molecule has 2 atom stereocenters. The maximum Gasteiger partial charge on any atom is 0.151 e. The smallest absolute Gasteiger partial charge is 0.151 e. The fourth-order valence-electron chi connectivity index (χ4n) is 3.18. The second-order valence-electron chi connectivity index (χ2n) is 5.81. The molecule has 4 heteroatoms. The highest BCUT2D eigenvalue weighted by Gasteiger charge is 2.29. The number of hydrogen-bond acceptors (Lipinski definition) is 2. The molecule has 0 radical (unpaired) electrons. The zero-order valence-corrected chi connectivity index (χ0v) is 11.4. The topological polar surface area (TPSA) is 43.8 Å². The van der Waals surface area contributed by atoms with Crippen LogP contribution in [0.3, 0.4) is 0 Å². The predicted octanol–water partition coefficient (Wildman–Crippen LogP) is 3.35. The molecule has 1 aliphatic rings. The Kier molecular flexibility index (Phi) is 3.05. The van der Waals surface area contributed by atoms with E-state index >= 15 is 0 Å². The minimum atomic E-state index is -0.236. The standard InChI is InChI=1S/C15H20FN3/c1-9(2)19-13-5-3-4-12(16)14(13)18-15(19)10-6-7-11(17)8-10/h3-5,9-11H,6-8,17H2,1-2H3. The Morgan fingerprint density at radius 1 is 1.37 bits per heavy atom. The van der Waals surface area contributed by atoms with Crippen LogP contribution in [0.2, 0.25) is 0 Å². The van der Waals surface area contributed by atoms with Crippen LogP contribution in [0.5, 0.6) is 0 Å². The first-order chi connectivity index (χ1) is 9.08. The Balaban J connectivity index is 2.18. The van der Waals surface area contributed by atoms with Crippen LogP contribution < -0.4 is 5.73 Å². The van der Waals surface area contributed by atoms with Crippen LogP contribution >= 0.6 is 0 Å². The third-order valence-corrected chi connectivity index (χ3v) is 4.05. The fraction of sp³-hybridized carbons (Fsp3) is 0.533. The molecule has 2 aromatic rings. The Morgan fingerprint density at radius 3 is 2.79 bits per heavy atom. The third-order valence-electron chi connectivity index (χ3n) is 4.05. The van der Waals surface area contributed by atoms with Gasteiger partial charge in [0.15, 0.2) is 5.82 Å². The highest BCUT2D eigenvalue weighted by atomic mass is 19.1. The molecule has 2 N–H and O–H groups in total. The molecule has 1 saturated carbocycles. The average molecular weight is 261 g/mol. The number of imidazole rings is 1. The van der Waals surface area contributed by atoms with Crippen molar-refractivity contribution in [3.8, 4) is 0 Å². The van der Waals surface area contributed by atoms with Gasteiger partial charge in [0.1, 0.15) is 11.3 Å². The molecule has 2 unspecified atom stereocenters. The lowest BCUT2D eigenvalue weighted by Gasteiger charge is -2.17. The van der Waals surface area contributed by atoms with Crippen molar-refractivity contribution in [1.82, 2.24) is 9.55 Å². The van der Waals surface area contributed by atoms with Crippen LogP contribution in [-0.4, -0.2) is 15.6 Å². The monoisotopic (exact) mass is 261 g/mol. The van der Waals surface area contributed by atoms with Crippen LogP contribution in [0.4, 0.5) is 4.39 Å². The van der Waals surface area contributed by atoms with Crippen molar-refractivity contribution in [2.45, 2.75) is 51.1 Å². The van der Waals surface area contributed by atoms with Crippen LogP contribution in [0.1, 0.15) is 50.9 Å². The Hall–Kier alpha value is -1.42. The highest BCUT2D eigenvalue weighted by molar-refractivity contribution is 5.77. The molecule has 1 aromatic heterocycles. The molecule has 19 heavy (non-hydrogen) atoms. The summed E-state index contributed by atoms with van der Waals surface area (Å²) in [4.78, 5) is 4.58. The van der Waals surface area contributed by atoms with Crippen molar-refractivity contribution >= 4 is 11.0 Å². The number of nitrogens with zero attached hydrogens (tertiary/aromatic N) is 2. The molecule has 3 rings (SSSR count). The molecule has 102 valence electrons. The fourth-order valence-corrected chi connectivity index (χ4v) is 3.18. The van der Waals surface area contributed by atoms with Gasteiger partial charge in [0.05, 0.1) is 5.52 Å². The first-order valence-corrected chi connectivity index (χ1v) is 7.00. The number of hydrogen-bond donors (Lipinski definition) is 1. The number of rotatable bonds is 2. The molecule has 0 amide bonds. The summed E-state index contributed by atoms with van der Waals surface area (Å²) in [6.45, 7) is 4.23. The third kappa shape index (κ3) is 2.04. The second-order valence-corrected chi connectivity index (χ2v) is 5.81. The molecule has 0 aliphatic heterocycles. The van der Waals surface area contributed by atoms with Crippen molar-refractivity contribution < 1.29 is 4.39 Å². The van der Waals surface area contributed by atoms with E-state index in [0.29, 0.717) is 11.4 Å². The SMILES string of the molecule is CC(C)n1c(C2CCC(N)C2)nc2c(F)cccc21. The average Bonchev–Trinajstić information content (AvgIpc) is 2.93. The van der Waals surface area contributed by atoms with E-state index in [2.05, 4.69) is 23.4 Å². The van der Waals surface area contributed by atoms with E-state index < -0.39 is 0 Å². The molecule has 1 fully saturated rings. The van der Waals surface area contributed by atoms with E-state index in [9.17, 15) is 4.39 Å². The van der Waals surface area contributed by atoms with Crippen molar-refractivity contribution in [1.29, 1.82) is 0 Å². The van der Waals surface area contributed by atoms with E-state index in [1.807, 2.05) is 6.07 Å². The summed E-state index contributed by atoms with van der Waals surface area (Å²) in [5, 5.41) is 0. The second kappa shape index (κ2) is 4.60. The molecule has 1 aliphatic carbocycles. The molecular formula is C15H20FN3. The Morgan fingerprint density at radius 2 is 2.16 bits per heavy atom. The summed E-state index contributed by atoms with van der Waals surface area (Å²) >= 11 is 0. The van der Waals surface area contributed by atoms with Crippen molar-refractivity contribution in [2.75, 3.05) is 0 Å². The van der Waals surface area contributed by atoms with Gasteiger partial charge in [-0.15, -0.1) is 0 Å². The number of nitrogens with two attached hydrogens (primary N) is 1. The summed E-state index contributed by atoms with van der Waals surface area (Å²) in [6.07, 6.45) is 3.05. The number of para-hydroxylation sites is 1. The predicted molar refractivity (Wildman–Crippen MR) is 74.6 cm³/mol. The van der Waals surface area contributed by atoms with E-state index in [-0.39, 0.29) is 17.9 Å². The summed E-state index contributed by atoms with van der Waals surface area (Å²) in [7, 11) is 0. The van der Waals surface area contributed by atoms with Gasteiger partial charge in [-0.3, -0.25) is 0 Å². The lowest BCUT2D eigenvalue weighted by Crippen LogP contribution is -2.16. The molecule has 1 heterocycles. The summed E-state index contributed by atoms with van der Waals surface area (Å²) in [5.41, 5.74) is 7.39. The van der Waals surface area contributed by atoms with Crippen molar-refractivity contribution in [2.24, 2.45) is 5.73 Å². The zero-order valence-electron chi connectivity index (χ0n) is 11.4. The summed E-state index contributed by atoms with van der Waals surface area (Å²) in [5.74, 6) is 1.13. The molecular weight excluding hydrogens is 241 g/mol. The van der Waals surface area contributed by atoms with Crippen LogP contribution in [0.25, 0.3) is 11.0 Å². The number of fused-ring (bicyclic) bond motifs is 1. The minimum absolute atomic E-state index is 0.236. The van der Waals surface area contributed by atoms with Crippen LogP contribution in [0.15, 0.2) is 18.2 Å². The maximum absolute atomic E-state index is 13.9. The highest BCUT2D eigenvalue weighted by Crippen LogP contribution is 2.36. The Labute approximate surface area is 112 Å². The Bertz CT molecular complexity index is 603. The summed E-state index contributed by atoms with van der Waals surface area (Å²) in [6, 6.07) is 5.71. The quantitative estimate of drug-likeness (QED) is 0.901. The van der Waals surface area contributed by atoms with Crippen molar-refractivity contribution in [3.05, 3.63) is 29.8 Å². The molecule has 0 saturated heterocycles. The van der Waals surface area contributed by atoms with Gasteiger partial charge in [0.25, 0.3) is 0 Å². The van der Waals surface area contributed by atoms with Gasteiger partial charge in [-0.2, -0.15) is 0 Å².